The minimum Gasteiger partial charge on any atom is -0.361 e. The van der Waals surface area contributed by atoms with Gasteiger partial charge in [0, 0.05) is 12.3 Å². The molecule has 0 atom stereocenters. The minimum atomic E-state index is -1.42. The van der Waals surface area contributed by atoms with Crippen molar-refractivity contribution in [2.45, 2.75) is 0 Å². The van der Waals surface area contributed by atoms with E-state index in [-0.39, 0.29) is 11.8 Å². The van der Waals surface area contributed by atoms with E-state index in [4.69, 9.17) is 0 Å². The molecule has 0 saturated heterocycles. The Kier molecular flexibility index (Phi) is 2.22. The lowest BCUT2D eigenvalue weighted by Crippen LogP contribution is -1.98. The Morgan fingerprint density at radius 1 is 0.933 bits per heavy atom. The van der Waals surface area contributed by atoms with Gasteiger partial charge in [-0.3, -0.25) is 0 Å². The van der Waals surface area contributed by atoms with Gasteiger partial charge in [-0.25, -0.2) is 17.6 Å². The van der Waals surface area contributed by atoms with Crippen LogP contribution in [-0.4, -0.2) is 4.98 Å². The van der Waals surface area contributed by atoms with Crippen molar-refractivity contribution in [2.75, 3.05) is 0 Å². The Hall–Kier alpha value is -1.78. The maximum Gasteiger partial charge on any atom is 0.171 e. The summed E-state index contributed by atoms with van der Waals surface area (Å²) in [6.45, 7) is 0. The number of aromatic amines is 1. The molecule has 15 heavy (non-hydrogen) atoms. The van der Waals surface area contributed by atoms with Crippen molar-refractivity contribution in [2.24, 2.45) is 0 Å². The van der Waals surface area contributed by atoms with Gasteiger partial charge >= 0.3 is 0 Å². The van der Waals surface area contributed by atoms with E-state index >= 15 is 0 Å². The summed E-state index contributed by atoms with van der Waals surface area (Å²) >= 11 is 0. The fourth-order valence-corrected chi connectivity index (χ4v) is 1.30. The summed E-state index contributed by atoms with van der Waals surface area (Å²) in [5.74, 6) is -5.65. The Bertz CT molecular complexity index is 464. The number of aromatic nitrogens is 1. The molecule has 0 spiro atoms. The molecule has 1 aromatic carbocycles. The van der Waals surface area contributed by atoms with Crippen LogP contribution in [0.25, 0.3) is 11.3 Å². The highest BCUT2D eigenvalue weighted by Crippen LogP contribution is 2.27. The fourth-order valence-electron chi connectivity index (χ4n) is 1.30. The van der Waals surface area contributed by atoms with Crippen LogP contribution < -0.4 is 0 Å². The molecule has 0 aliphatic carbocycles. The van der Waals surface area contributed by atoms with Crippen molar-refractivity contribution in [3.63, 3.8) is 0 Å². The van der Waals surface area contributed by atoms with Crippen molar-refractivity contribution in [3.05, 3.63) is 47.7 Å². The summed E-state index contributed by atoms with van der Waals surface area (Å²) < 4.78 is 52.0. The van der Waals surface area contributed by atoms with E-state index in [1.54, 1.807) is 0 Å². The standard InChI is InChI=1S/C10H5F4N/c11-5-4-6(12)10(14)8(9(5)13)7-2-1-3-15-7/h1-4,15H. The van der Waals surface area contributed by atoms with Crippen LogP contribution >= 0.6 is 0 Å². The first kappa shape index (κ1) is 9.76. The third-order valence-electron chi connectivity index (χ3n) is 1.98. The van der Waals surface area contributed by atoms with Crippen molar-refractivity contribution < 1.29 is 17.6 Å². The summed E-state index contributed by atoms with van der Waals surface area (Å²) in [5, 5.41) is 0. The molecular weight excluding hydrogens is 210 g/mol. The second kappa shape index (κ2) is 3.42. The Morgan fingerprint density at radius 2 is 1.53 bits per heavy atom. The molecule has 0 saturated carbocycles. The highest BCUT2D eigenvalue weighted by molar-refractivity contribution is 5.61. The van der Waals surface area contributed by atoms with Crippen molar-refractivity contribution in [3.8, 4) is 11.3 Å². The lowest BCUT2D eigenvalue weighted by atomic mass is 10.1. The molecule has 1 nitrogen and oxygen atoms in total. The summed E-state index contributed by atoms with van der Waals surface area (Å²) in [5.41, 5.74) is -0.735. The summed E-state index contributed by atoms with van der Waals surface area (Å²) in [7, 11) is 0. The molecule has 0 aliphatic rings. The molecule has 0 radical (unpaired) electrons. The van der Waals surface area contributed by atoms with Gasteiger partial charge in [-0.15, -0.1) is 0 Å². The highest BCUT2D eigenvalue weighted by atomic mass is 19.2. The SMILES string of the molecule is Fc1cc(F)c(F)c(-c2ccc[nH]2)c1F. The largest absolute Gasteiger partial charge is 0.361 e. The van der Waals surface area contributed by atoms with Gasteiger partial charge in [0.05, 0.1) is 11.3 Å². The molecule has 1 heterocycles. The van der Waals surface area contributed by atoms with Crippen LogP contribution in [-0.2, 0) is 0 Å². The van der Waals surface area contributed by atoms with Gasteiger partial charge in [-0.05, 0) is 12.1 Å². The average Bonchev–Trinajstić information content (AvgIpc) is 2.69. The van der Waals surface area contributed by atoms with Crippen molar-refractivity contribution in [1.82, 2.24) is 4.98 Å². The summed E-state index contributed by atoms with van der Waals surface area (Å²) in [4.78, 5) is 2.48. The minimum absolute atomic E-state index is 0.0107. The number of H-pyrrole nitrogens is 1. The number of rotatable bonds is 1. The van der Waals surface area contributed by atoms with Crippen LogP contribution in [0, 0.1) is 23.3 Å². The average molecular weight is 215 g/mol. The van der Waals surface area contributed by atoms with E-state index in [9.17, 15) is 17.6 Å². The van der Waals surface area contributed by atoms with Crippen LogP contribution in [0.1, 0.15) is 0 Å². The summed E-state index contributed by atoms with van der Waals surface area (Å²) in [6.07, 6.45) is 1.40. The molecule has 0 aliphatic heterocycles. The number of nitrogens with one attached hydrogen (secondary N) is 1. The van der Waals surface area contributed by atoms with E-state index in [0.29, 0.717) is 0 Å². The predicted molar refractivity (Wildman–Crippen MR) is 46.1 cm³/mol. The molecule has 2 aromatic rings. The number of hydrogen-bond acceptors (Lipinski definition) is 0. The quantitative estimate of drug-likeness (QED) is 0.555. The maximum atomic E-state index is 13.2. The van der Waals surface area contributed by atoms with Gasteiger partial charge in [0.1, 0.15) is 0 Å². The maximum absolute atomic E-state index is 13.2. The third-order valence-corrected chi connectivity index (χ3v) is 1.98. The topological polar surface area (TPSA) is 15.8 Å². The first-order chi connectivity index (χ1) is 7.11. The molecule has 0 amide bonds. The van der Waals surface area contributed by atoms with E-state index < -0.39 is 28.8 Å². The predicted octanol–water partition coefficient (Wildman–Crippen LogP) is 3.24. The monoisotopic (exact) mass is 215 g/mol. The Balaban J connectivity index is 2.75. The van der Waals surface area contributed by atoms with Gasteiger partial charge in [-0.2, -0.15) is 0 Å². The normalized spacial score (nSPS) is 10.7. The summed E-state index contributed by atoms with van der Waals surface area (Å²) in [6, 6.07) is 2.97. The number of halogens is 4. The van der Waals surface area contributed by atoms with Gasteiger partial charge < -0.3 is 4.98 Å². The van der Waals surface area contributed by atoms with E-state index in [0.717, 1.165) is 0 Å². The molecule has 78 valence electrons. The van der Waals surface area contributed by atoms with E-state index in [1.807, 2.05) is 0 Å². The van der Waals surface area contributed by atoms with Gasteiger partial charge in [0.25, 0.3) is 0 Å². The van der Waals surface area contributed by atoms with Gasteiger partial charge in [0.15, 0.2) is 23.3 Å². The zero-order chi connectivity index (χ0) is 11.0. The molecule has 0 bridgehead atoms. The van der Waals surface area contributed by atoms with Gasteiger partial charge in [0.2, 0.25) is 0 Å². The molecule has 1 aromatic heterocycles. The van der Waals surface area contributed by atoms with E-state index in [2.05, 4.69) is 4.98 Å². The zero-order valence-electron chi connectivity index (χ0n) is 7.32. The Labute approximate surface area is 82.4 Å². The zero-order valence-corrected chi connectivity index (χ0v) is 7.32. The first-order valence-corrected chi connectivity index (χ1v) is 4.08. The first-order valence-electron chi connectivity index (χ1n) is 4.08. The van der Waals surface area contributed by atoms with Gasteiger partial charge in [-0.1, -0.05) is 0 Å². The molecule has 0 unspecified atom stereocenters. The lowest BCUT2D eigenvalue weighted by Gasteiger charge is -2.04. The number of hydrogen-bond donors (Lipinski definition) is 1. The molecular formula is C10H5F4N. The van der Waals surface area contributed by atoms with Crippen LogP contribution in [0.2, 0.25) is 0 Å². The third kappa shape index (κ3) is 1.49. The Morgan fingerprint density at radius 3 is 2.00 bits per heavy atom. The number of benzene rings is 1. The van der Waals surface area contributed by atoms with Crippen LogP contribution in [0.15, 0.2) is 24.4 Å². The molecule has 1 N–H and O–H groups in total. The second-order valence-electron chi connectivity index (χ2n) is 2.93. The van der Waals surface area contributed by atoms with Crippen LogP contribution in [0.3, 0.4) is 0 Å². The molecule has 0 fully saturated rings. The molecule has 5 heteroatoms. The second-order valence-corrected chi connectivity index (χ2v) is 2.93. The smallest absolute Gasteiger partial charge is 0.171 e. The highest BCUT2D eigenvalue weighted by Gasteiger charge is 2.20. The lowest BCUT2D eigenvalue weighted by molar-refractivity contribution is 0.458. The van der Waals surface area contributed by atoms with Crippen LogP contribution in [0.4, 0.5) is 17.6 Å². The van der Waals surface area contributed by atoms with E-state index in [1.165, 1.54) is 18.3 Å². The fraction of sp³-hybridized carbons (Fsp3) is 0. The van der Waals surface area contributed by atoms with Crippen LogP contribution in [0.5, 0.6) is 0 Å². The van der Waals surface area contributed by atoms with Crippen molar-refractivity contribution >= 4 is 0 Å². The molecule has 2 rings (SSSR count). The van der Waals surface area contributed by atoms with Crippen molar-refractivity contribution in [1.29, 1.82) is 0 Å².